The van der Waals surface area contributed by atoms with Gasteiger partial charge in [0, 0.05) is 6.54 Å². The molecular weight excluding hydrogens is 232 g/mol. The second-order valence-electron chi connectivity index (χ2n) is 4.13. The van der Waals surface area contributed by atoms with E-state index in [0.29, 0.717) is 13.0 Å². The van der Waals surface area contributed by atoms with Crippen LogP contribution in [0.25, 0.3) is 0 Å². The molecule has 1 rings (SSSR count). The largest absolute Gasteiger partial charge is 0.496 e. The molecule has 0 bridgehead atoms. The second-order valence-corrected chi connectivity index (χ2v) is 4.13. The first-order chi connectivity index (χ1) is 8.58. The molecule has 0 radical (unpaired) electrons. The van der Waals surface area contributed by atoms with E-state index in [2.05, 4.69) is 5.32 Å². The third kappa shape index (κ3) is 4.01. The lowest BCUT2D eigenvalue weighted by Crippen LogP contribution is -2.43. The summed E-state index contributed by atoms with van der Waals surface area (Å²) in [7, 11) is 1.64. The van der Waals surface area contributed by atoms with Crippen LogP contribution in [0.3, 0.4) is 0 Å². The summed E-state index contributed by atoms with van der Waals surface area (Å²) in [6.07, 6.45) is 0.717. The number of aliphatic hydroxyl groups is 1. The predicted octanol–water partition coefficient (Wildman–Crippen LogP) is -0.0181. The fourth-order valence-corrected chi connectivity index (χ4v) is 1.64. The summed E-state index contributed by atoms with van der Waals surface area (Å²) in [6.45, 7) is 2.13. The van der Waals surface area contributed by atoms with Crippen LogP contribution < -0.4 is 15.8 Å². The molecule has 1 aromatic rings. The third-order valence-electron chi connectivity index (χ3n) is 2.71. The average Bonchev–Trinajstić information content (AvgIpc) is 2.37. The third-order valence-corrected chi connectivity index (χ3v) is 2.71. The molecule has 0 saturated heterocycles. The van der Waals surface area contributed by atoms with Crippen molar-refractivity contribution in [2.24, 2.45) is 5.73 Å². The maximum absolute atomic E-state index is 11.3. The van der Waals surface area contributed by atoms with Crippen LogP contribution >= 0.6 is 0 Å². The van der Waals surface area contributed by atoms with Crippen LogP contribution in [-0.2, 0) is 11.2 Å². The number of amides is 1. The van der Waals surface area contributed by atoms with E-state index in [4.69, 9.17) is 15.6 Å². The summed E-state index contributed by atoms with van der Waals surface area (Å²) in [5.41, 5.74) is 7.56. The van der Waals surface area contributed by atoms with Crippen LogP contribution in [0.5, 0.6) is 5.75 Å². The van der Waals surface area contributed by atoms with Crippen molar-refractivity contribution in [3.05, 3.63) is 29.3 Å². The molecule has 0 saturated carbocycles. The standard InChI is InChI=1S/C13H20N2O3/c1-9-7-10(3-4-12(9)18-2)5-6-15-13(17)11(14)8-16/h3-4,7,11,16H,5-6,8,14H2,1-2H3,(H,15,17). The van der Waals surface area contributed by atoms with Crippen molar-refractivity contribution in [2.45, 2.75) is 19.4 Å². The highest BCUT2D eigenvalue weighted by atomic mass is 16.5. The van der Waals surface area contributed by atoms with Crippen LogP contribution in [0.4, 0.5) is 0 Å². The van der Waals surface area contributed by atoms with Gasteiger partial charge in [0.1, 0.15) is 11.8 Å². The molecule has 1 atom stereocenters. The minimum Gasteiger partial charge on any atom is -0.496 e. The number of aliphatic hydroxyl groups excluding tert-OH is 1. The minimum absolute atomic E-state index is 0.331. The summed E-state index contributed by atoms with van der Waals surface area (Å²) in [5, 5.41) is 11.4. The molecule has 4 N–H and O–H groups in total. The second kappa shape index (κ2) is 6.98. The van der Waals surface area contributed by atoms with Gasteiger partial charge in [0.15, 0.2) is 0 Å². The number of ether oxygens (including phenoxy) is 1. The van der Waals surface area contributed by atoms with Gasteiger partial charge < -0.3 is 20.9 Å². The molecule has 5 heteroatoms. The Balaban J connectivity index is 2.45. The Bertz CT molecular complexity index is 407. The van der Waals surface area contributed by atoms with Crippen molar-refractivity contribution in [1.29, 1.82) is 0 Å². The fraction of sp³-hybridized carbons (Fsp3) is 0.462. The number of hydrogen-bond donors (Lipinski definition) is 3. The van der Waals surface area contributed by atoms with Gasteiger partial charge in [-0.1, -0.05) is 12.1 Å². The Hall–Kier alpha value is -1.59. The Morgan fingerprint density at radius 2 is 2.28 bits per heavy atom. The fourth-order valence-electron chi connectivity index (χ4n) is 1.64. The monoisotopic (exact) mass is 252 g/mol. The number of carbonyl (C=O) groups excluding carboxylic acids is 1. The van der Waals surface area contributed by atoms with E-state index in [1.54, 1.807) is 7.11 Å². The van der Waals surface area contributed by atoms with E-state index in [-0.39, 0.29) is 12.5 Å². The van der Waals surface area contributed by atoms with E-state index in [1.165, 1.54) is 0 Å². The number of nitrogens with one attached hydrogen (secondary N) is 1. The predicted molar refractivity (Wildman–Crippen MR) is 69.5 cm³/mol. The van der Waals surface area contributed by atoms with Gasteiger partial charge in [-0.25, -0.2) is 0 Å². The van der Waals surface area contributed by atoms with E-state index in [1.807, 2.05) is 25.1 Å². The SMILES string of the molecule is COc1ccc(CCNC(=O)C(N)CO)cc1C. The van der Waals surface area contributed by atoms with Crippen molar-refractivity contribution >= 4 is 5.91 Å². The van der Waals surface area contributed by atoms with E-state index in [0.717, 1.165) is 16.9 Å². The number of aryl methyl sites for hydroxylation is 1. The topological polar surface area (TPSA) is 84.6 Å². The lowest BCUT2D eigenvalue weighted by molar-refractivity contribution is -0.123. The highest BCUT2D eigenvalue weighted by molar-refractivity contribution is 5.81. The lowest BCUT2D eigenvalue weighted by atomic mass is 10.1. The molecular formula is C13H20N2O3. The molecule has 1 aromatic carbocycles. The van der Waals surface area contributed by atoms with Crippen LogP contribution in [0.2, 0.25) is 0 Å². The lowest BCUT2D eigenvalue weighted by Gasteiger charge is -2.10. The first-order valence-electron chi connectivity index (χ1n) is 5.86. The smallest absolute Gasteiger partial charge is 0.239 e. The van der Waals surface area contributed by atoms with Crippen LogP contribution in [-0.4, -0.2) is 37.3 Å². The van der Waals surface area contributed by atoms with Crippen LogP contribution in [0.15, 0.2) is 18.2 Å². The van der Waals surface area contributed by atoms with Crippen molar-refractivity contribution in [3.8, 4) is 5.75 Å². The van der Waals surface area contributed by atoms with Crippen LogP contribution in [0.1, 0.15) is 11.1 Å². The quantitative estimate of drug-likeness (QED) is 0.664. The maximum Gasteiger partial charge on any atom is 0.239 e. The van der Waals surface area contributed by atoms with Gasteiger partial charge in [0.05, 0.1) is 13.7 Å². The summed E-state index contributed by atoms with van der Waals surface area (Å²) in [6, 6.07) is 5.05. The number of carbonyl (C=O) groups is 1. The van der Waals surface area contributed by atoms with Crippen molar-refractivity contribution in [2.75, 3.05) is 20.3 Å². The van der Waals surface area contributed by atoms with E-state index in [9.17, 15) is 4.79 Å². The van der Waals surface area contributed by atoms with Crippen molar-refractivity contribution in [3.63, 3.8) is 0 Å². The molecule has 100 valence electrons. The molecule has 0 aliphatic heterocycles. The molecule has 18 heavy (non-hydrogen) atoms. The Labute approximate surface area is 107 Å². The molecule has 0 spiro atoms. The van der Waals surface area contributed by atoms with Gasteiger partial charge in [-0.2, -0.15) is 0 Å². The zero-order chi connectivity index (χ0) is 13.5. The highest BCUT2D eigenvalue weighted by Gasteiger charge is 2.10. The molecule has 0 aliphatic carbocycles. The van der Waals surface area contributed by atoms with Gasteiger partial charge in [-0.3, -0.25) is 4.79 Å². The van der Waals surface area contributed by atoms with Gasteiger partial charge in [-0.15, -0.1) is 0 Å². The van der Waals surface area contributed by atoms with E-state index < -0.39 is 6.04 Å². The normalized spacial score (nSPS) is 12.0. The van der Waals surface area contributed by atoms with Crippen molar-refractivity contribution in [1.82, 2.24) is 5.32 Å². The Morgan fingerprint density at radius 3 is 2.83 bits per heavy atom. The van der Waals surface area contributed by atoms with Gasteiger partial charge in [0.25, 0.3) is 0 Å². The molecule has 0 heterocycles. The number of hydrogen-bond acceptors (Lipinski definition) is 4. The molecule has 0 aromatic heterocycles. The molecule has 1 amide bonds. The van der Waals surface area contributed by atoms with Crippen LogP contribution in [0, 0.1) is 6.92 Å². The van der Waals surface area contributed by atoms with E-state index >= 15 is 0 Å². The number of benzene rings is 1. The summed E-state index contributed by atoms with van der Waals surface area (Å²) in [4.78, 5) is 11.3. The number of nitrogens with two attached hydrogens (primary N) is 1. The first-order valence-corrected chi connectivity index (χ1v) is 5.86. The number of rotatable bonds is 6. The molecule has 1 unspecified atom stereocenters. The number of methoxy groups -OCH3 is 1. The van der Waals surface area contributed by atoms with Crippen molar-refractivity contribution < 1.29 is 14.6 Å². The first kappa shape index (κ1) is 14.5. The maximum atomic E-state index is 11.3. The van der Waals surface area contributed by atoms with Gasteiger partial charge in [0.2, 0.25) is 5.91 Å². The summed E-state index contributed by atoms with van der Waals surface area (Å²) >= 11 is 0. The highest BCUT2D eigenvalue weighted by Crippen LogP contribution is 2.18. The average molecular weight is 252 g/mol. The Kier molecular flexibility index (Phi) is 5.61. The zero-order valence-corrected chi connectivity index (χ0v) is 10.8. The zero-order valence-electron chi connectivity index (χ0n) is 10.8. The Morgan fingerprint density at radius 1 is 1.56 bits per heavy atom. The van der Waals surface area contributed by atoms with Gasteiger partial charge >= 0.3 is 0 Å². The summed E-state index contributed by atoms with van der Waals surface area (Å²) in [5.74, 6) is 0.521. The molecule has 5 nitrogen and oxygen atoms in total. The minimum atomic E-state index is -0.845. The summed E-state index contributed by atoms with van der Waals surface area (Å²) < 4.78 is 5.17. The molecule has 0 fully saturated rings. The van der Waals surface area contributed by atoms with Gasteiger partial charge in [-0.05, 0) is 30.5 Å². The molecule has 0 aliphatic rings.